The summed E-state index contributed by atoms with van der Waals surface area (Å²) in [5.74, 6) is 0. The number of aliphatic hydroxyl groups is 3. The second-order valence-corrected chi connectivity index (χ2v) is 2.85. The van der Waals surface area contributed by atoms with Gasteiger partial charge >= 0.3 is 0 Å². The highest BCUT2D eigenvalue weighted by Gasteiger charge is 2.48. The lowest BCUT2D eigenvalue weighted by atomic mass is 10.0. The van der Waals surface area contributed by atoms with Crippen LogP contribution in [0.5, 0.6) is 0 Å². The van der Waals surface area contributed by atoms with Gasteiger partial charge < -0.3 is 24.8 Å². The van der Waals surface area contributed by atoms with Gasteiger partial charge in [-0.1, -0.05) is 0 Å². The molecule has 2 saturated heterocycles. The van der Waals surface area contributed by atoms with Gasteiger partial charge in [0.25, 0.3) is 0 Å². The van der Waals surface area contributed by atoms with Crippen LogP contribution in [0.3, 0.4) is 0 Å². The smallest absolute Gasteiger partial charge is 0.186 e. The van der Waals surface area contributed by atoms with Crippen molar-refractivity contribution in [1.82, 2.24) is 0 Å². The normalized spacial score (nSPS) is 56.5. The van der Waals surface area contributed by atoms with Crippen LogP contribution in [0.15, 0.2) is 0 Å². The van der Waals surface area contributed by atoms with Crippen molar-refractivity contribution >= 4 is 0 Å². The molecule has 0 aromatic heterocycles. The fraction of sp³-hybridized carbons (Fsp3) is 1.00. The summed E-state index contributed by atoms with van der Waals surface area (Å²) in [7, 11) is 0. The van der Waals surface area contributed by atoms with E-state index in [-0.39, 0.29) is 6.61 Å². The van der Waals surface area contributed by atoms with Crippen molar-refractivity contribution in [3.05, 3.63) is 0 Å². The minimum Gasteiger partial charge on any atom is -0.387 e. The van der Waals surface area contributed by atoms with Gasteiger partial charge in [-0.3, -0.25) is 0 Å². The van der Waals surface area contributed by atoms with Crippen LogP contribution in [0.4, 0.5) is 0 Å². The molecule has 5 atom stereocenters. The number of hydrogen-bond acceptors (Lipinski definition) is 5. The van der Waals surface area contributed by atoms with Gasteiger partial charge in [0.1, 0.15) is 24.4 Å². The SMILES string of the molecule is O[C@H]1[C@@H](O)[C@@H]2OC[C@@H](O2)[C@H]1O. The molecule has 2 fully saturated rings. The van der Waals surface area contributed by atoms with Crippen LogP contribution in [0, 0.1) is 0 Å². The first-order valence-corrected chi connectivity index (χ1v) is 3.51. The third kappa shape index (κ3) is 0.969. The van der Waals surface area contributed by atoms with Gasteiger partial charge in [0.15, 0.2) is 6.29 Å². The lowest BCUT2D eigenvalue weighted by Gasteiger charge is -2.32. The van der Waals surface area contributed by atoms with Gasteiger partial charge in [0.05, 0.1) is 6.61 Å². The van der Waals surface area contributed by atoms with Gasteiger partial charge in [0.2, 0.25) is 0 Å². The summed E-state index contributed by atoms with van der Waals surface area (Å²) in [5, 5.41) is 27.6. The van der Waals surface area contributed by atoms with E-state index in [1.165, 1.54) is 0 Å². The number of rotatable bonds is 0. The third-order valence-corrected chi connectivity index (χ3v) is 2.09. The highest BCUT2D eigenvalue weighted by molar-refractivity contribution is 4.92. The maximum absolute atomic E-state index is 9.22. The fourth-order valence-electron chi connectivity index (χ4n) is 1.38. The van der Waals surface area contributed by atoms with Crippen molar-refractivity contribution < 1.29 is 24.8 Å². The molecule has 2 bridgehead atoms. The Balaban J connectivity index is 2.16. The quantitative estimate of drug-likeness (QED) is 0.377. The summed E-state index contributed by atoms with van der Waals surface area (Å²) in [6, 6.07) is 0. The molecule has 0 saturated carbocycles. The molecule has 2 aliphatic rings. The number of aliphatic hydroxyl groups excluding tert-OH is 3. The zero-order valence-corrected chi connectivity index (χ0v) is 5.75. The zero-order valence-electron chi connectivity index (χ0n) is 5.75. The molecule has 2 aliphatic heterocycles. The molecular weight excluding hydrogens is 152 g/mol. The van der Waals surface area contributed by atoms with E-state index >= 15 is 0 Å². The zero-order chi connectivity index (χ0) is 8.01. The minimum absolute atomic E-state index is 0.236. The molecule has 0 aromatic rings. The molecule has 0 unspecified atom stereocenters. The molecule has 2 heterocycles. The van der Waals surface area contributed by atoms with Crippen LogP contribution in [0.25, 0.3) is 0 Å². The van der Waals surface area contributed by atoms with E-state index < -0.39 is 30.7 Å². The molecule has 0 aliphatic carbocycles. The number of hydrogen-bond donors (Lipinski definition) is 3. The molecule has 5 nitrogen and oxygen atoms in total. The second kappa shape index (κ2) is 2.40. The maximum atomic E-state index is 9.22. The lowest BCUT2D eigenvalue weighted by molar-refractivity contribution is -0.228. The molecule has 5 heteroatoms. The predicted octanol–water partition coefficient (Wildman–Crippen LogP) is -2.18. The second-order valence-electron chi connectivity index (χ2n) is 2.85. The fourth-order valence-corrected chi connectivity index (χ4v) is 1.38. The van der Waals surface area contributed by atoms with Gasteiger partial charge in [-0.25, -0.2) is 0 Å². The summed E-state index contributed by atoms with van der Waals surface area (Å²) in [5.41, 5.74) is 0. The van der Waals surface area contributed by atoms with Crippen molar-refractivity contribution in [3.63, 3.8) is 0 Å². The Labute approximate surface area is 63.2 Å². The molecule has 0 spiro atoms. The Kier molecular flexibility index (Phi) is 1.62. The monoisotopic (exact) mass is 162 g/mol. The Hall–Kier alpha value is -0.200. The number of fused-ring (bicyclic) bond motifs is 2. The topological polar surface area (TPSA) is 79.2 Å². The molecule has 0 aromatic carbocycles. The van der Waals surface area contributed by atoms with Gasteiger partial charge in [-0.2, -0.15) is 0 Å². The van der Waals surface area contributed by atoms with Crippen molar-refractivity contribution in [2.75, 3.05) is 6.61 Å². The molecule has 64 valence electrons. The Morgan fingerprint density at radius 2 is 1.73 bits per heavy atom. The first kappa shape index (κ1) is 7.45. The molecule has 11 heavy (non-hydrogen) atoms. The average molecular weight is 162 g/mol. The average Bonchev–Trinajstić information content (AvgIpc) is 2.44. The largest absolute Gasteiger partial charge is 0.387 e. The summed E-state index contributed by atoms with van der Waals surface area (Å²) >= 11 is 0. The van der Waals surface area contributed by atoms with Gasteiger partial charge in [0, 0.05) is 0 Å². The van der Waals surface area contributed by atoms with Crippen molar-refractivity contribution in [2.45, 2.75) is 30.7 Å². The summed E-state index contributed by atoms with van der Waals surface area (Å²) < 4.78 is 9.95. The van der Waals surface area contributed by atoms with Gasteiger partial charge in [-0.15, -0.1) is 0 Å². The molecule has 0 radical (unpaired) electrons. The molecular formula is C6H10O5. The van der Waals surface area contributed by atoms with Crippen LogP contribution in [-0.2, 0) is 9.47 Å². The highest BCUT2D eigenvalue weighted by Crippen LogP contribution is 2.27. The molecule has 3 N–H and O–H groups in total. The van der Waals surface area contributed by atoms with Crippen LogP contribution >= 0.6 is 0 Å². The molecule has 2 rings (SSSR count). The van der Waals surface area contributed by atoms with Crippen molar-refractivity contribution in [3.8, 4) is 0 Å². The molecule has 0 amide bonds. The number of ether oxygens (including phenoxy) is 2. The van der Waals surface area contributed by atoms with E-state index in [9.17, 15) is 10.2 Å². The van der Waals surface area contributed by atoms with E-state index in [4.69, 9.17) is 14.6 Å². The van der Waals surface area contributed by atoms with E-state index in [0.29, 0.717) is 0 Å². The van der Waals surface area contributed by atoms with Crippen LogP contribution in [-0.4, -0.2) is 52.6 Å². The van der Waals surface area contributed by atoms with E-state index in [2.05, 4.69) is 0 Å². The summed E-state index contributed by atoms with van der Waals surface area (Å²) in [4.78, 5) is 0. The summed E-state index contributed by atoms with van der Waals surface area (Å²) in [6.45, 7) is 0.236. The lowest BCUT2D eigenvalue weighted by Crippen LogP contribution is -2.53. The van der Waals surface area contributed by atoms with E-state index in [1.807, 2.05) is 0 Å². The third-order valence-electron chi connectivity index (χ3n) is 2.09. The van der Waals surface area contributed by atoms with Crippen LogP contribution in [0.2, 0.25) is 0 Å². The highest BCUT2D eigenvalue weighted by atomic mass is 16.7. The first-order valence-electron chi connectivity index (χ1n) is 3.51. The van der Waals surface area contributed by atoms with Crippen molar-refractivity contribution in [1.29, 1.82) is 0 Å². The Morgan fingerprint density at radius 3 is 2.45 bits per heavy atom. The Morgan fingerprint density at radius 1 is 1.00 bits per heavy atom. The van der Waals surface area contributed by atoms with E-state index in [1.54, 1.807) is 0 Å². The van der Waals surface area contributed by atoms with Crippen LogP contribution in [0.1, 0.15) is 0 Å². The Bertz CT molecular complexity index is 141. The van der Waals surface area contributed by atoms with Crippen LogP contribution < -0.4 is 0 Å². The van der Waals surface area contributed by atoms with E-state index in [0.717, 1.165) is 0 Å². The summed E-state index contributed by atoms with van der Waals surface area (Å²) in [6.07, 6.45) is -4.58. The minimum atomic E-state index is -1.15. The first-order chi connectivity index (χ1) is 5.20. The van der Waals surface area contributed by atoms with Gasteiger partial charge in [-0.05, 0) is 0 Å². The standard InChI is InChI=1S/C6H10O5/c7-3-2-1-10-6(11-2)5(9)4(3)8/h2-9H,1H2/t2-,3-,4-,5-,6-/m1/s1. The van der Waals surface area contributed by atoms with Crippen molar-refractivity contribution in [2.24, 2.45) is 0 Å². The predicted molar refractivity (Wildman–Crippen MR) is 32.6 cm³/mol. The maximum Gasteiger partial charge on any atom is 0.186 e.